The Bertz CT molecular complexity index is 1340. The molecule has 3 aromatic carbocycles. The van der Waals surface area contributed by atoms with E-state index in [-0.39, 0.29) is 23.1 Å². The predicted octanol–water partition coefficient (Wildman–Crippen LogP) is 7.00. The maximum atomic E-state index is 12.9. The third-order valence-electron chi connectivity index (χ3n) is 6.11. The second-order valence-electron chi connectivity index (χ2n) is 10.1. The van der Waals surface area contributed by atoms with E-state index in [2.05, 4.69) is 32.9 Å². The lowest BCUT2D eigenvalue weighted by Gasteiger charge is -2.19. The number of hydrogen-bond donors (Lipinski definition) is 0. The lowest BCUT2D eigenvalue weighted by Crippen LogP contribution is -2.27. The van der Waals surface area contributed by atoms with Gasteiger partial charge in [0.15, 0.2) is 11.5 Å². The van der Waals surface area contributed by atoms with Crippen molar-refractivity contribution >= 4 is 29.0 Å². The molecule has 1 aliphatic rings. The highest BCUT2D eigenvalue weighted by molar-refractivity contribution is 8.18. The van der Waals surface area contributed by atoms with Crippen LogP contribution in [0.15, 0.2) is 71.6 Å². The SMILES string of the molecule is COc1cc(/C=C2\SC(=O)N(Cc3cccc(C)c3)C2=O)ccc1OCCOc1ccc(C(C)(C)C)cc1. The number of rotatable bonds is 9. The first-order valence-corrected chi connectivity index (χ1v) is 13.3. The maximum absolute atomic E-state index is 12.9. The van der Waals surface area contributed by atoms with Gasteiger partial charge in [-0.2, -0.15) is 0 Å². The molecule has 0 aliphatic carbocycles. The fraction of sp³-hybridized carbons (Fsp3) is 0.290. The van der Waals surface area contributed by atoms with Crippen LogP contribution in [0.4, 0.5) is 4.79 Å². The normalized spacial score (nSPS) is 14.8. The molecule has 1 saturated heterocycles. The number of nitrogens with zero attached hydrogens (tertiary/aromatic N) is 1. The van der Waals surface area contributed by atoms with E-state index in [1.165, 1.54) is 10.5 Å². The summed E-state index contributed by atoms with van der Waals surface area (Å²) in [5.41, 5.74) is 4.09. The molecule has 198 valence electrons. The van der Waals surface area contributed by atoms with Crippen LogP contribution in [-0.2, 0) is 16.8 Å². The molecule has 38 heavy (non-hydrogen) atoms. The second-order valence-corrected chi connectivity index (χ2v) is 11.1. The van der Waals surface area contributed by atoms with Crippen LogP contribution in [0.3, 0.4) is 0 Å². The average Bonchev–Trinajstić information content (AvgIpc) is 3.14. The van der Waals surface area contributed by atoms with E-state index >= 15 is 0 Å². The first kappa shape index (κ1) is 27.3. The number of carbonyl (C=O) groups is 2. The lowest BCUT2D eigenvalue weighted by atomic mass is 9.87. The van der Waals surface area contributed by atoms with Crippen LogP contribution in [0, 0.1) is 6.92 Å². The van der Waals surface area contributed by atoms with Gasteiger partial charge in [0.2, 0.25) is 0 Å². The Kier molecular flexibility index (Phi) is 8.47. The summed E-state index contributed by atoms with van der Waals surface area (Å²) in [4.78, 5) is 27.1. The van der Waals surface area contributed by atoms with Crippen molar-refractivity contribution in [2.24, 2.45) is 0 Å². The van der Waals surface area contributed by atoms with Gasteiger partial charge >= 0.3 is 0 Å². The van der Waals surface area contributed by atoms with Crippen LogP contribution in [0.1, 0.15) is 43.0 Å². The number of methoxy groups -OCH3 is 1. The third kappa shape index (κ3) is 6.78. The van der Waals surface area contributed by atoms with E-state index in [9.17, 15) is 9.59 Å². The van der Waals surface area contributed by atoms with Crippen LogP contribution in [0.5, 0.6) is 17.2 Å². The number of aryl methyl sites for hydroxylation is 1. The summed E-state index contributed by atoms with van der Waals surface area (Å²) in [7, 11) is 1.56. The van der Waals surface area contributed by atoms with Crippen LogP contribution in [0.2, 0.25) is 0 Å². The smallest absolute Gasteiger partial charge is 0.293 e. The van der Waals surface area contributed by atoms with Gasteiger partial charge in [-0.1, -0.05) is 68.8 Å². The average molecular weight is 532 g/mol. The maximum Gasteiger partial charge on any atom is 0.293 e. The number of imide groups is 1. The molecule has 6 nitrogen and oxygen atoms in total. The number of amides is 2. The Morgan fingerprint density at radius 1 is 0.895 bits per heavy atom. The molecule has 0 aromatic heterocycles. The minimum atomic E-state index is -0.298. The van der Waals surface area contributed by atoms with Crippen LogP contribution < -0.4 is 14.2 Å². The van der Waals surface area contributed by atoms with Crippen molar-refractivity contribution in [3.63, 3.8) is 0 Å². The number of benzene rings is 3. The molecule has 0 bridgehead atoms. The van der Waals surface area contributed by atoms with Gasteiger partial charge in [-0.05, 0) is 71.1 Å². The zero-order valence-electron chi connectivity index (χ0n) is 22.4. The Morgan fingerprint density at radius 2 is 1.63 bits per heavy atom. The summed E-state index contributed by atoms with van der Waals surface area (Å²) >= 11 is 0.944. The molecular weight excluding hydrogens is 498 g/mol. The molecule has 1 fully saturated rings. The molecule has 7 heteroatoms. The van der Waals surface area contributed by atoms with Gasteiger partial charge in [-0.3, -0.25) is 14.5 Å². The largest absolute Gasteiger partial charge is 0.493 e. The molecule has 0 radical (unpaired) electrons. The third-order valence-corrected chi connectivity index (χ3v) is 7.02. The fourth-order valence-electron chi connectivity index (χ4n) is 4.04. The topological polar surface area (TPSA) is 65.1 Å². The monoisotopic (exact) mass is 531 g/mol. The van der Waals surface area contributed by atoms with Crippen molar-refractivity contribution in [3.05, 3.63) is 93.9 Å². The predicted molar refractivity (Wildman–Crippen MR) is 152 cm³/mol. The number of ether oxygens (including phenoxy) is 3. The Morgan fingerprint density at radius 3 is 2.32 bits per heavy atom. The van der Waals surface area contributed by atoms with E-state index in [4.69, 9.17) is 14.2 Å². The lowest BCUT2D eigenvalue weighted by molar-refractivity contribution is -0.123. The summed E-state index contributed by atoms with van der Waals surface area (Å²) in [6.07, 6.45) is 1.71. The minimum absolute atomic E-state index is 0.0975. The summed E-state index contributed by atoms with van der Waals surface area (Å²) in [6.45, 7) is 9.49. The van der Waals surface area contributed by atoms with Crippen molar-refractivity contribution < 1.29 is 23.8 Å². The van der Waals surface area contributed by atoms with Crippen LogP contribution >= 0.6 is 11.8 Å². The summed E-state index contributed by atoms with van der Waals surface area (Å²) in [6, 6.07) is 21.3. The number of thioether (sulfide) groups is 1. The first-order valence-electron chi connectivity index (χ1n) is 12.5. The van der Waals surface area contributed by atoms with Crippen molar-refractivity contribution in [2.45, 2.75) is 39.7 Å². The summed E-state index contributed by atoms with van der Waals surface area (Å²) in [5, 5.41) is -0.275. The zero-order chi connectivity index (χ0) is 27.3. The summed E-state index contributed by atoms with van der Waals surface area (Å²) < 4.78 is 17.2. The number of hydrogen-bond acceptors (Lipinski definition) is 6. The van der Waals surface area contributed by atoms with Gasteiger partial charge in [0, 0.05) is 0 Å². The van der Waals surface area contributed by atoms with E-state index in [0.29, 0.717) is 29.6 Å². The molecule has 1 heterocycles. The van der Waals surface area contributed by atoms with E-state index < -0.39 is 0 Å². The highest BCUT2D eigenvalue weighted by Gasteiger charge is 2.35. The Hall–Kier alpha value is -3.71. The highest BCUT2D eigenvalue weighted by Crippen LogP contribution is 2.35. The molecule has 3 aromatic rings. The Labute approximate surface area is 228 Å². The summed E-state index contributed by atoms with van der Waals surface area (Å²) in [5.74, 6) is 1.60. The molecule has 0 N–H and O–H groups in total. The standard InChI is InChI=1S/C31H33NO5S/c1-21-7-6-8-23(17-21)20-32-29(33)28(38-30(32)34)19-22-9-14-26(27(18-22)35-5)37-16-15-36-25-12-10-24(11-13-25)31(2,3)4/h6-14,17-19H,15-16,20H2,1-5H3/b28-19-. The van der Waals surface area contributed by atoms with Crippen molar-refractivity contribution in [3.8, 4) is 17.2 Å². The van der Waals surface area contributed by atoms with Crippen molar-refractivity contribution in [1.82, 2.24) is 4.90 Å². The quantitative estimate of drug-likeness (QED) is 0.219. The minimum Gasteiger partial charge on any atom is -0.493 e. The second kappa shape index (κ2) is 11.8. The van der Waals surface area contributed by atoms with E-state index in [1.807, 2.05) is 49.4 Å². The van der Waals surface area contributed by atoms with Crippen molar-refractivity contribution in [2.75, 3.05) is 20.3 Å². The van der Waals surface area contributed by atoms with Crippen LogP contribution in [-0.4, -0.2) is 36.4 Å². The molecule has 0 atom stereocenters. The van der Waals surface area contributed by atoms with Gasteiger partial charge in [0.1, 0.15) is 19.0 Å². The first-order chi connectivity index (χ1) is 18.1. The van der Waals surface area contributed by atoms with Gasteiger partial charge in [0.05, 0.1) is 18.6 Å². The number of carbonyl (C=O) groups excluding carboxylic acids is 2. The molecular formula is C31H33NO5S. The van der Waals surface area contributed by atoms with Gasteiger partial charge in [-0.25, -0.2) is 0 Å². The van der Waals surface area contributed by atoms with E-state index in [1.54, 1.807) is 25.3 Å². The Balaban J connectivity index is 1.35. The van der Waals surface area contributed by atoms with Gasteiger partial charge in [0.25, 0.3) is 11.1 Å². The van der Waals surface area contributed by atoms with Crippen molar-refractivity contribution in [1.29, 1.82) is 0 Å². The molecule has 0 spiro atoms. The van der Waals surface area contributed by atoms with E-state index in [0.717, 1.165) is 34.2 Å². The molecule has 4 rings (SSSR count). The van der Waals surface area contributed by atoms with Crippen LogP contribution in [0.25, 0.3) is 6.08 Å². The molecule has 0 saturated carbocycles. The van der Waals surface area contributed by atoms with Gasteiger partial charge in [-0.15, -0.1) is 0 Å². The molecule has 0 unspecified atom stereocenters. The molecule has 2 amide bonds. The molecule has 1 aliphatic heterocycles. The fourth-order valence-corrected chi connectivity index (χ4v) is 4.87. The zero-order valence-corrected chi connectivity index (χ0v) is 23.3. The highest BCUT2D eigenvalue weighted by atomic mass is 32.2. The van der Waals surface area contributed by atoms with Gasteiger partial charge < -0.3 is 14.2 Å².